The van der Waals surface area contributed by atoms with Crippen LogP contribution in [0.1, 0.15) is 50.9 Å². The number of nitrogens with zero attached hydrogens (tertiary/aromatic N) is 2. The summed E-state index contributed by atoms with van der Waals surface area (Å²) in [4.78, 5) is 18.1. The molecule has 0 aliphatic carbocycles. The van der Waals surface area contributed by atoms with Crippen LogP contribution in [-0.2, 0) is 0 Å². The van der Waals surface area contributed by atoms with Gasteiger partial charge in [0.15, 0.2) is 0 Å². The molecule has 1 fully saturated rings. The second-order valence-electron chi connectivity index (χ2n) is 9.04. The molecular formula is C23H27N3O2. The van der Waals surface area contributed by atoms with Gasteiger partial charge in [0.1, 0.15) is 0 Å². The Morgan fingerprint density at radius 2 is 1.43 bits per heavy atom. The first-order valence-corrected chi connectivity index (χ1v) is 9.77. The summed E-state index contributed by atoms with van der Waals surface area (Å²) in [5.41, 5.74) is 1.47. The van der Waals surface area contributed by atoms with Crippen molar-refractivity contribution in [3.05, 3.63) is 54.1 Å². The zero-order valence-corrected chi connectivity index (χ0v) is 16.9. The quantitative estimate of drug-likeness (QED) is 0.644. The fraction of sp³-hybridized carbons (Fsp3) is 0.391. The molecule has 1 aliphatic rings. The van der Waals surface area contributed by atoms with Crippen LogP contribution in [0.2, 0.25) is 0 Å². The van der Waals surface area contributed by atoms with Crippen molar-refractivity contribution in [2.24, 2.45) is 0 Å². The maximum atomic E-state index is 13.4. The summed E-state index contributed by atoms with van der Waals surface area (Å²) in [5, 5.41) is 16.9. The van der Waals surface area contributed by atoms with Gasteiger partial charge in [0.2, 0.25) is 0 Å². The lowest BCUT2D eigenvalue weighted by Gasteiger charge is -2.51. The minimum atomic E-state index is -0.415. The van der Waals surface area contributed by atoms with Crippen LogP contribution in [-0.4, -0.2) is 38.3 Å². The summed E-state index contributed by atoms with van der Waals surface area (Å²) in [5.74, 6) is -0.0854. The fourth-order valence-electron chi connectivity index (χ4n) is 4.71. The summed E-state index contributed by atoms with van der Waals surface area (Å²) < 4.78 is 0. The number of fused-ring (bicyclic) bond motifs is 2. The molecule has 2 aromatic carbocycles. The number of hydrogen-bond acceptors (Lipinski definition) is 4. The third kappa shape index (κ3) is 3.15. The Bertz CT molecular complexity index is 986. The van der Waals surface area contributed by atoms with Crippen LogP contribution < -0.4 is 5.32 Å². The lowest BCUT2D eigenvalue weighted by molar-refractivity contribution is -0.245. The monoisotopic (exact) mass is 377 g/mol. The Hall–Kier alpha value is -2.50. The fourth-order valence-corrected chi connectivity index (χ4v) is 4.71. The number of amides is 1. The van der Waals surface area contributed by atoms with Gasteiger partial charge in [-0.1, -0.05) is 36.4 Å². The SMILES string of the molecule is CC1(C)CC(NC(=O)c2c3ccccc3nc3ccccc23)CC(C)(C)N1O. The smallest absolute Gasteiger partial charge is 0.252 e. The van der Waals surface area contributed by atoms with Crippen molar-refractivity contribution in [3.63, 3.8) is 0 Å². The van der Waals surface area contributed by atoms with E-state index in [9.17, 15) is 10.0 Å². The number of aromatic nitrogens is 1. The summed E-state index contributed by atoms with van der Waals surface area (Å²) in [6.45, 7) is 8.02. The minimum absolute atomic E-state index is 0.0217. The highest BCUT2D eigenvalue weighted by atomic mass is 16.5. The molecule has 1 saturated heterocycles. The number of benzene rings is 2. The van der Waals surface area contributed by atoms with E-state index < -0.39 is 11.1 Å². The number of carbonyl (C=O) groups excluding carboxylic acids is 1. The average molecular weight is 377 g/mol. The van der Waals surface area contributed by atoms with Crippen molar-refractivity contribution in [1.82, 2.24) is 15.4 Å². The molecule has 0 atom stereocenters. The summed E-state index contributed by atoms with van der Waals surface area (Å²) >= 11 is 0. The molecule has 2 heterocycles. The molecular weight excluding hydrogens is 350 g/mol. The van der Waals surface area contributed by atoms with Crippen molar-refractivity contribution in [3.8, 4) is 0 Å². The minimum Gasteiger partial charge on any atom is -0.349 e. The topological polar surface area (TPSA) is 65.5 Å². The van der Waals surface area contributed by atoms with Gasteiger partial charge in [-0.15, -0.1) is 0 Å². The molecule has 3 aromatic rings. The van der Waals surface area contributed by atoms with Gasteiger partial charge in [0.05, 0.1) is 16.6 Å². The highest BCUT2D eigenvalue weighted by Crippen LogP contribution is 2.37. The molecule has 1 aliphatic heterocycles. The zero-order valence-electron chi connectivity index (χ0n) is 16.9. The Kier molecular flexibility index (Phi) is 4.40. The number of para-hydroxylation sites is 2. The van der Waals surface area contributed by atoms with E-state index in [0.717, 1.165) is 21.8 Å². The highest BCUT2D eigenvalue weighted by molar-refractivity contribution is 6.16. The number of pyridine rings is 1. The Morgan fingerprint density at radius 3 is 1.93 bits per heavy atom. The van der Waals surface area contributed by atoms with Gasteiger partial charge in [-0.2, -0.15) is 5.06 Å². The largest absolute Gasteiger partial charge is 0.349 e. The molecule has 4 rings (SSSR count). The first kappa shape index (κ1) is 18.8. The highest BCUT2D eigenvalue weighted by Gasteiger charge is 2.45. The van der Waals surface area contributed by atoms with Crippen LogP contribution >= 0.6 is 0 Å². The summed E-state index contributed by atoms with van der Waals surface area (Å²) in [7, 11) is 0. The van der Waals surface area contributed by atoms with Gasteiger partial charge in [0.25, 0.3) is 5.91 Å². The van der Waals surface area contributed by atoms with Gasteiger partial charge in [-0.3, -0.25) is 4.79 Å². The molecule has 0 spiro atoms. The third-order valence-electron chi connectivity index (χ3n) is 5.79. The number of piperidine rings is 1. The maximum absolute atomic E-state index is 13.4. The summed E-state index contributed by atoms with van der Waals surface area (Å²) in [6, 6.07) is 15.5. The van der Waals surface area contributed by atoms with E-state index in [4.69, 9.17) is 4.98 Å². The van der Waals surface area contributed by atoms with Crippen molar-refractivity contribution >= 4 is 27.7 Å². The third-order valence-corrected chi connectivity index (χ3v) is 5.79. The van der Waals surface area contributed by atoms with Gasteiger partial charge in [0, 0.05) is 27.9 Å². The molecule has 28 heavy (non-hydrogen) atoms. The van der Waals surface area contributed by atoms with E-state index in [0.29, 0.717) is 18.4 Å². The van der Waals surface area contributed by atoms with Crippen molar-refractivity contribution in [1.29, 1.82) is 0 Å². The van der Waals surface area contributed by atoms with Crippen molar-refractivity contribution in [2.75, 3.05) is 0 Å². The summed E-state index contributed by atoms with van der Waals surface area (Å²) in [6.07, 6.45) is 1.36. The number of rotatable bonds is 2. The molecule has 0 saturated carbocycles. The van der Waals surface area contributed by atoms with E-state index in [2.05, 4.69) is 5.32 Å². The first-order valence-electron chi connectivity index (χ1n) is 9.77. The van der Waals surface area contributed by atoms with E-state index in [-0.39, 0.29) is 11.9 Å². The van der Waals surface area contributed by atoms with Gasteiger partial charge >= 0.3 is 0 Å². The average Bonchev–Trinajstić information content (AvgIpc) is 2.63. The molecule has 1 amide bonds. The van der Waals surface area contributed by atoms with Crippen LogP contribution in [0.25, 0.3) is 21.8 Å². The molecule has 1 aromatic heterocycles. The second-order valence-corrected chi connectivity index (χ2v) is 9.04. The maximum Gasteiger partial charge on any atom is 0.252 e. The van der Waals surface area contributed by atoms with Crippen LogP contribution in [0.5, 0.6) is 0 Å². The van der Waals surface area contributed by atoms with E-state index in [1.165, 1.54) is 5.06 Å². The van der Waals surface area contributed by atoms with Crippen molar-refractivity contribution < 1.29 is 10.0 Å². The number of hydroxylamine groups is 2. The Morgan fingerprint density at radius 1 is 0.964 bits per heavy atom. The van der Waals surface area contributed by atoms with E-state index >= 15 is 0 Å². The normalized spacial score (nSPS) is 19.8. The van der Waals surface area contributed by atoms with Crippen LogP contribution in [0, 0.1) is 0 Å². The van der Waals surface area contributed by atoms with Gasteiger partial charge < -0.3 is 10.5 Å². The molecule has 5 heteroatoms. The lowest BCUT2D eigenvalue weighted by atomic mass is 9.79. The predicted molar refractivity (Wildman–Crippen MR) is 112 cm³/mol. The van der Waals surface area contributed by atoms with Crippen LogP contribution in [0.4, 0.5) is 0 Å². The van der Waals surface area contributed by atoms with Crippen molar-refractivity contribution in [2.45, 2.75) is 57.7 Å². The molecule has 0 radical (unpaired) electrons. The van der Waals surface area contributed by atoms with E-state index in [1.807, 2.05) is 76.2 Å². The molecule has 146 valence electrons. The first-order chi connectivity index (χ1) is 13.2. The standard InChI is InChI=1S/C23H27N3O2/c1-22(2)13-15(14-23(3,4)26(22)28)24-21(27)20-16-9-5-7-11-18(16)25-19-12-8-6-10-17(19)20/h5-12,15,28H,13-14H2,1-4H3,(H,24,27). The zero-order chi connectivity index (χ0) is 20.1. The molecule has 0 bridgehead atoms. The molecule has 5 nitrogen and oxygen atoms in total. The molecule has 2 N–H and O–H groups in total. The Labute approximate surface area is 165 Å². The number of hydrogen-bond donors (Lipinski definition) is 2. The second kappa shape index (κ2) is 6.54. The Balaban J connectivity index is 1.75. The van der Waals surface area contributed by atoms with Crippen LogP contribution in [0.15, 0.2) is 48.5 Å². The predicted octanol–water partition coefficient (Wildman–Crippen LogP) is 4.53. The lowest BCUT2D eigenvalue weighted by Crippen LogP contribution is -2.62. The van der Waals surface area contributed by atoms with Gasteiger partial charge in [-0.05, 0) is 52.7 Å². The number of carbonyl (C=O) groups is 1. The van der Waals surface area contributed by atoms with Gasteiger partial charge in [-0.25, -0.2) is 4.98 Å². The van der Waals surface area contributed by atoms with Crippen LogP contribution in [0.3, 0.4) is 0 Å². The van der Waals surface area contributed by atoms with E-state index in [1.54, 1.807) is 0 Å². The number of nitrogens with one attached hydrogen (secondary N) is 1. The molecule has 0 unspecified atom stereocenters.